The first-order chi connectivity index (χ1) is 11.6. The van der Waals surface area contributed by atoms with Crippen LogP contribution in [0, 0.1) is 6.92 Å². The van der Waals surface area contributed by atoms with Gasteiger partial charge in [0.25, 0.3) is 5.91 Å². The van der Waals surface area contributed by atoms with E-state index in [1.54, 1.807) is 24.5 Å². The molecule has 0 N–H and O–H groups in total. The Morgan fingerprint density at radius 2 is 1.83 bits per heavy atom. The van der Waals surface area contributed by atoms with Crippen LogP contribution in [0.5, 0.6) is 0 Å². The topological polar surface area (TPSA) is 54.3 Å². The van der Waals surface area contributed by atoms with Gasteiger partial charge in [-0.2, -0.15) is 0 Å². The second-order valence-corrected chi connectivity index (χ2v) is 6.86. The Kier molecular flexibility index (Phi) is 3.64. The van der Waals surface area contributed by atoms with E-state index in [0.717, 1.165) is 44.6 Å². The smallest absolute Gasteiger partial charge is 0.253 e. The molecule has 126 valence electrons. The lowest BCUT2D eigenvalue weighted by atomic mass is 9.83. The summed E-state index contributed by atoms with van der Waals surface area (Å²) < 4.78 is 2.35. The van der Waals surface area contributed by atoms with Crippen LogP contribution in [0.15, 0.2) is 30.7 Å². The zero-order valence-corrected chi connectivity index (χ0v) is 14.3. The van der Waals surface area contributed by atoms with Crippen LogP contribution in [0.2, 0.25) is 0 Å². The zero-order chi connectivity index (χ0) is 16.7. The van der Waals surface area contributed by atoms with Gasteiger partial charge in [-0.3, -0.25) is 14.7 Å². The SMILES string of the molecule is Cc1cnc2n1CCN(C)C21CCN(C(=O)c2ccncc2)CC1. The van der Waals surface area contributed by atoms with Gasteiger partial charge in [-0.1, -0.05) is 0 Å². The van der Waals surface area contributed by atoms with Gasteiger partial charge < -0.3 is 9.47 Å². The lowest BCUT2D eigenvalue weighted by molar-refractivity contribution is 0.00954. The maximum absolute atomic E-state index is 12.7. The Bertz CT molecular complexity index is 746. The molecule has 0 saturated carbocycles. The molecule has 0 aromatic carbocycles. The fourth-order valence-corrected chi connectivity index (χ4v) is 4.11. The molecular formula is C18H23N5O. The van der Waals surface area contributed by atoms with Crippen LogP contribution in [-0.2, 0) is 12.1 Å². The van der Waals surface area contributed by atoms with Gasteiger partial charge in [0.2, 0.25) is 0 Å². The van der Waals surface area contributed by atoms with E-state index in [1.807, 2.05) is 11.1 Å². The maximum atomic E-state index is 12.7. The summed E-state index contributed by atoms with van der Waals surface area (Å²) in [6.45, 7) is 5.67. The standard InChI is InChI=1S/C18H23N5O/c1-14-13-20-17-18(21(2)11-12-23(14)17)5-9-22(10-6-18)16(24)15-3-7-19-8-4-15/h3-4,7-8,13H,5-6,9-12H2,1-2H3. The van der Waals surface area contributed by atoms with Crippen molar-refractivity contribution < 1.29 is 4.79 Å². The van der Waals surface area contributed by atoms with Crippen LogP contribution in [0.25, 0.3) is 0 Å². The van der Waals surface area contributed by atoms with E-state index < -0.39 is 0 Å². The Labute approximate surface area is 142 Å². The number of pyridine rings is 1. The number of hydrogen-bond donors (Lipinski definition) is 0. The lowest BCUT2D eigenvalue weighted by Gasteiger charge is -2.49. The molecular weight excluding hydrogens is 302 g/mol. The van der Waals surface area contributed by atoms with Gasteiger partial charge >= 0.3 is 0 Å². The molecule has 1 saturated heterocycles. The van der Waals surface area contributed by atoms with Crippen LogP contribution >= 0.6 is 0 Å². The molecule has 2 aromatic rings. The molecule has 0 atom stereocenters. The van der Waals surface area contributed by atoms with E-state index in [9.17, 15) is 4.79 Å². The van der Waals surface area contributed by atoms with Gasteiger partial charge in [-0.25, -0.2) is 4.98 Å². The number of aryl methyl sites for hydroxylation is 1. The summed E-state index contributed by atoms with van der Waals surface area (Å²) in [4.78, 5) is 25.8. The minimum Gasteiger partial charge on any atom is -0.338 e. The number of likely N-dealkylation sites (N-methyl/N-ethyl adjacent to an activating group) is 1. The van der Waals surface area contributed by atoms with E-state index >= 15 is 0 Å². The number of nitrogens with zero attached hydrogens (tertiary/aromatic N) is 5. The van der Waals surface area contributed by atoms with Crippen LogP contribution in [-0.4, -0.2) is 56.9 Å². The molecule has 1 amide bonds. The first kappa shape index (κ1) is 15.3. The highest BCUT2D eigenvalue weighted by Gasteiger charge is 2.46. The number of likely N-dealkylation sites (tertiary alicyclic amines) is 1. The molecule has 1 spiro atoms. The summed E-state index contributed by atoms with van der Waals surface area (Å²) in [6.07, 6.45) is 7.18. The number of amides is 1. The predicted molar refractivity (Wildman–Crippen MR) is 90.6 cm³/mol. The van der Waals surface area contributed by atoms with Crippen LogP contribution in [0.3, 0.4) is 0 Å². The molecule has 2 aliphatic rings. The summed E-state index contributed by atoms with van der Waals surface area (Å²) in [7, 11) is 2.19. The summed E-state index contributed by atoms with van der Waals surface area (Å²) in [5.41, 5.74) is 1.91. The largest absolute Gasteiger partial charge is 0.338 e. The van der Waals surface area contributed by atoms with Gasteiger partial charge in [0, 0.05) is 56.0 Å². The van der Waals surface area contributed by atoms with Gasteiger partial charge in [0.05, 0.1) is 5.54 Å². The minimum atomic E-state index is -0.0401. The van der Waals surface area contributed by atoms with Crippen LogP contribution in [0.4, 0.5) is 0 Å². The van der Waals surface area contributed by atoms with Gasteiger partial charge in [0.15, 0.2) is 0 Å². The predicted octanol–water partition coefficient (Wildman–Crippen LogP) is 1.66. The highest BCUT2D eigenvalue weighted by molar-refractivity contribution is 5.94. The number of carbonyl (C=O) groups excluding carboxylic acids is 1. The summed E-state index contributed by atoms with van der Waals surface area (Å²) >= 11 is 0. The van der Waals surface area contributed by atoms with E-state index in [4.69, 9.17) is 4.98 Å². The van der Waals surface area contributed by atoms with Gasteiger partial charge in [-0.15, -0.1) is 0 Å². The number of piperidine rings is 1. The molecule has 0 bridgehead atoms. The molecule has 1 fully saturated rings. The van der Waals surface area contributed by atoms with Crippen molar-refractivity contribution >= 4 is 5.91 Å². The zero-order valence-electron chi connectivity index (χ0n) is 14.3. The Morgan fingerprint density at radius 3 is 2.54 bits per heavy atom. The Balaban J connectivity index is 1.56. The highest BCUT2D eigenvalue weighted by atomic mass is 16.2. The van der Waals surface area contributed by atoms with Crippen molar-refractivity contribution in [2.75, 3.05) is 26.7 Å². The molecule has 2 aliphatic heterocycles. The van der Waals surface area contributed by atoms with Gasteiger partial charge in [-0.05, 0) is 38.9 Å². The van der Waals surface area contributed by atoms with Gasteiger partial charge in [0.1, 0.15) is 5.82 Å². The number of carbonyl (C=O) groups is 1. The third-order valence-corrected chi connectivity index (χ3v) is 5.67. The van der Waals surface area contributed by atoms with Crippen molar-refractivity contribution in [3.05, 3.63) is 47.8 Å². The normalized spacial score (nSPS) is 20.2. The minimum absolute atomic E-state index is 0.0401. The third kappa shape index (κ3) is 2.24. The van der Waals surface area contributed by atoms with Crippen molar-refractivity contribution in [2.45, 2.75) is 31.8 Å². The number of fused-ring (bicyclic) bond motifs is 2. The molecule has 0 unspecified atom stereocenters. The van der Waals surface area contributed by atoms with E-state index in [-0.39, 0.29) is 11.4 Å². The maximum Gasteiger partial charge on any atom is 0.253 e. The quantitative estimate of drug-likeness (QED) is 0.800. The van der Waals surface area contributed by atoms with Crippen molar-refractivity contribution in [3.8, 4) is 0 Å². The Morgan fingerprint density at radius 1 is 1.12 bits per heavy atom. The van der Waals surface area contributed by atoms with Crippen molar-refractivity contribution in [1.82, 2.24) is 24.3 Å². The highest BCUT2D eigenvalue weighted by Crippen LogP contribution is 2.40. The van der Waals surface area contributed by atoms with E-state index in [0.29, 0.717) is 0 Å². The molecule has 24 heavy (non-hydrogen) atoms. The van der Waals surface area contributed by atoms with Crippen LogP contribution in [0.1, 0.15) is 34.7 Å². The van der Waals surface area contributed by atoms with E-state index in [1.165, 1.54) is 11.5 Å². The van der Waals surface area contributed by atoms with Crippen LogP contribution < -0.4 is 0 Å². The van der Waals surface area contributed by atoms with Crippen molar-refractivity contribution in [3.63, 3.8) is 0 Å². The molecule has 0 radical (unpaired) electrons. The first-order valence-electron chi connectivity index (χ1n) is 8.55. The fraction of sp³-hybridized carbons (Fsp3) is 0.500. The number of hydrogen-bond acceptors (Lipinski definition) is 4. The third-order valence-electron chi connectivity index (χ3n) is 5.67. The molecule has 0 aliphatic carbocycles. The number of aromatic nitrogens is 3. The number of rotatable bonds is 1. The monoisotopic (exact) mass is 325 g/mol. The Hall–Kier alpha value is -2.21. The molecule has 6 heteroatoms. The second kappa shape index (κ2) is 5.70. The summed E-state index contributed by atoms with van der Waals surface area (Å²) in [5.74, 6) is 1.27. The second-order valence-electron chi connectivity index (χ2n) is 6.86. The number of imidazole rings is 1. The van der Waals surface area contributed by atoms with E-state index in [2.05, 4.69) is 28.4 Å². The van der Waals surface area contributed by atoms with Crippen molar-refractivity contribution in [1.29, 1.82) is 0 Å². The molecule has 4 heterocycles. The summed E-state index contributed by atoms with van der Waals surface area (Å²) in [5, 5.41) is 0. The molecule has 6 nitrogen and oxygen atoms in total. The molecule has 4 rings (SSSR count). The fourth-order valence-electron chi connectivity index (χ4n) is 4.11. The molecule has 2 aromatic heterocycles. The average molecular weight is 325 g/mol. The lowest BCUT2D eigenvalue weighted by Crippen LogP contribution is -2.57. The first-order valence-corrected chi connectivity index (χ1v) is 8.55. The summed E-state index contributed by atoms with van der Waals surface area (Å²) in [6, 6.07) is 3.57. The van der Waals surface area contributed by atoms with Crippen molar-refractivity contribution in [2.24, 2.45) is 0 Å². The average Bonchev–Trinajstić information content (AvgIpc) is 3.01.